The van der Waals surface area contributed by atoms with Crippen LogP contribution < -0.4 is 14.5 Å². The van der Waals surface area contributed by atoms with Crippen LogP contribution in [0.25, 0.3) is 33.3 Å². The summed E-state index contributed by atoms with van der Waals surface area (Å²) in [6, 6.07) is 62.4. The molecule has 0 amide bonds. The fraction of sp³-hybridized carbons (Fsp3) is 0.300. The largest absolute Gasteiger partial charge is 0.457 e. The summed E-state index contributed by atoms with van der Waals surface area (Å²) >= 11 is 0. The van der Waals surface area contributed by atoms with E-state index >= 15 is 0 Å². The number of pyridine rings is 1. The zero-order chi connectivity index (χ0) is 53.2. The van der Waals surface area contributed by atoms with Crippen molar-refractivity contribution in [1.82, 2.24) is 9.55 Å². The maximum absolute atomic E-state index is 7.45. The van der Waals surface area contributed by atoms with Crippen LogP contribution in [-0.4, -0.2) is 16.2 Å². The summed E-state index contributed by atoms with van der Waals surface area (Å²) in [4.78, 5) is 10.1. The minimum Gasteiger partial charge on any atom is -0.457 e. The molecule has 1 aliphatic rings. The van der Waals surface area contributed by atoms with Crippen molar-refractivity contribution in [3.8, 4) is 17.3 Å². The van der Waals surface area contributed by atoms with E-state index in [2.05, 4.69) is 287 Å². The Hall–Kier alpha value is -7.37. The molecule has 0 spiro atoms. The molecule has 10 rings (SSSR count). The molecule has 5 nitrogen and oxygen atoms in total. The standard InChI is InChI=1S/C70H76N4O/c1-46(2)57-32-24-33-58(47(3)4)65(57)63-44-72(53-30-23-29-50(37-53)67(5,6)7)45-73(63)54-38-52(70(13,14)49-27-19-16-20-28-49)39-55(41-54)75-56-42-60(68(8,9)10)66-59-31-21-22-34-61(59)74(62(66)43-56)64-40-51(35-36-71-64)69(11,12)48-25-17-15-18-26-48/h15-44,46-47H,45H2,1-14H3. The van der Waals surface area contributed by atoms with Crippen molar-refractivity contribution in [3.05, 3.63) is 232 Å². The third-order valence-corrected chi connectivity index (χ3v) is 15.9. The Bertz CT molecular complexity index is 3550. The molecule has 0 bridgehead atoms. The third-order valence-electron chi connectivity index (χ3n) is 15.9. The van der Waals surface area contributed by atoms with Gasteiger partial charge in [0, 0.05) is 63.1 Å². The molecule has 5 heteroatoms. The molecule has 0 saturated carbocycles. The Morgan fingerprint density at radius 1 is 0.480 bits per heavy atom. The predicted octanol–water partition coefficient (Wildman–Crippen LogP) is 18.7. The fourth-order valence-corrected chi connectivity index (χ4v) is 11.3. The Balaban J connectivity index is 1.18. The van der Waals surface area contributed by atoms with E-state index < -0.39 is 0 Å². The second-order valence-electron chi connectivity index (χ2n) is 24.6. The van der Waals surface area contributed by atoms with Gasteiger partial charge in [-0.15, -0.1) is 0 Å². The van der Waals surface area contributed by atoms with Gasteiger partial charge >= 0.3 is 0 Å². The molecular formula is C70H76N4O. The molecule has 1 aliphatic heterocycles. The molecule has 0 saturated heterocycles. The highest BCUT2D eigenvalue weighted by molar-refractivity contribution is 6.11. The number of nitrogens with zero attached hydrogens (tertiary/aromatic N) is 4. The average molecular weight is 989 g/mol. The monoisotopic (exact) mass is 989 g/mol. The van der Waals surface area contributed by atoms with Crippen molar-refractivity contribution >= 4 is 38.9 Å². The van der Waals surface area contributed by atoms with Crippen LogP contribution in [0.3, 0.4) is 0 Å². The molecule has 7 aromatic carbocycles. The van der Waals surface area contributed by atoms with E-state index in [1.54, 1.807) is 0 Å². The van der Waals surface area contributed by atoms with E-state index in [4.69, 9.17) is 9.72 Å². The normalized spacial score (nSPS) is 13.7. The predicted molar refractivity (Wildman–Crippen MR) is 318 cm³/mol. The van der Waals surface area contributed by atoms with E-state index in [1.807, 2.05) is 6.20 Å². The minimum atomic E-state index is -0.365. The van der Waals surface area contributed by atoms with Gasteiger partial charge < -0.3 is 14.5 Å². The second kappa shape index (κ2) is 19.4. The number of rotatable bonds is 12. The molecule has 0 fully saturated rings. The smallest absolute Gasteiger partial charge is 0.137 e. The molecule has 0 unspecified atom stereocenters. The van der Waals surface area contributed by atoms with E-state index in [-0.39, 0.29) is 21.7 Å². The van der Waals surface area contributed by atoms with Crippen molar-refractivity contribution in [1.29, 1.82) is 0 Å². The Labute approximate surface area is 447 Å². The van der Waals surface area contributed by atoms with Gasteiger partial charge in [0.25, 0.3) is 0 Å². The summed E-state index contributed by atoms with van der Waals surface area (Å²) in [7, 11) is 0. The lowest BCUT2D eigenvalue weighted by atomic mass is 9.78. The number of benzene rings is 7. The average Bonchev–Trinajstić information content (AvgIpc) is 3.98. The summed E-state index contributed by atoms with van der Waals surface area (Å²) in [6.07, 6.45) is 4.37. The first-order valence-electron chi connectivity index (χ1n) is 27.1. The second-order valence-corrected chi connectivity index (χ2v) is 24.6. The van der Waals surface area contributed by atoms with Crippen molar-refractivity contribution in [2.24, 2.45) is 0 Å². The third kappa shape index (κ3) is 9.67. The summed E-state index contributed by atoms with van der Waals surface area (Å²) in [6.45, 7) is 33.0. The van der Waals surface area contributed by atoms with Gasteiger partial charge in [0.1, 0.15) is 17.3 Å². The minimum absolute atomic E-state index is 0.00464. The Kier molecular flexibility index (Phi) is 13.2. The first kappa shape index (κ1) is 51.1. The maximum atomic E-state index is 7.45. The number of fused-ring (bicyclic) bond motifs is 3. The van der Waals surface area contributed by atoms with Gasteiger partial charge in [-0.1, -0.05) is 206 Å². The first-order chi connectivity index (χ1) is 35.6. The van der Waals surface area contributed by atoms with Crippen molar-refractivity contribution in [2.45, 2.75) is 130 Å². The van der Waals surface area contributed by atoms with Crippen LogP contribution in [0.5, 0.6) is 11.5 Å². The molecular weight excluding hydrogens is 913 g/mol. The van der Waals surface area contributed by atoms with E-state index in [9.17, 15) is 0 Å². The van der Waals surface area contributed by atoms with Crippen LogP contribution >= 0.6 is 0 Å². The molecule has 75 heavy (non-hydrogen) atoms. The maximum Gasteiger partial charge on any atom is 0.137 e. The van der Waals surface area contributed by atoms with Crippen LogP contribution in [0, 0.1) is 0 Å². The summed E-state index contributed by atoms with van der Waals surface area (Å²) < 4.78 is 9.80. The lowest BCUT2D eigenvalue weighted by Gasteiger charge is -2.31. The molecule has 3 heterocycles. The molecule has 0 aliphatic carbocycles. The number of aromatic nitrogens is 2. The van der Waals surface area contributed by atoms with Gasteiger partial charge in [-0.05, 0) is 116 Å². The van der Waals surface area contributed by atoms with E-state index in [1.165, 1.54) is 72.2 Å². The number of hydrogen-bond donors (Lipinski definition) is 0. The number of hydrogen-bond acceptors (Lipinski definition) is 4. The summed E-state index contributed by atoms with van der Waals surface area (Å²) in [5.41, 5.74) is 16.2. The zero-order valence-electron chi connectivity index (χ0n) is 46.9. The number of ether oxygens (including phenoxy) is 1. The first-order valence-corrected chi connectivity index (χ1v) is 27.1. The zero-order valence-corrected chi connectivity index (χ0v) is 46.9. The Morgan fingerprint density at radius 2 is 1.05 bits per heavy atom. The topological polar surface area (TPSA) is 33.5 Å². The van der Waals surface area contributed by atoms with Gasteiger partial charge in [0.2, 0.25) is 0 Å². The van der Waals surface area contributed by atoms with Gasteiger partial charge in [0.05, 0.1) is 23.4 Å². The molecule has 2 aromatic heterocycles. The quantitative estimate of drug-likeness (QED) is 0.122. The van der Waals surface area contributed by atoms with E-state index in [0.29, 0.717) is 18.5 Å². The molecule has 0 radical (unpaired) electrons. The van der Waals surface area contributed by atoms with Crippen LogP contribution in [0.2, 0.25) is 0 Å². The summed E-state index contributed by atoms with van der Waals surface area (Å²) in [5.74, 6) is 3.08. The van der Waals surface area contributed by atoms with Crippen molar-refractivity contribution < 1.29 is 4.74 Å². The molecule has 0 N–H and O–H groups in total. The lowest BCUT2D eigenvalue weighted by Crippen LogP contribution is -2.28. The lowest BCUT2D eigenvalue weighted by molar-refractivity contribution is 0.477. The SMILES string of the molecule is CC(C)c1cccc(C(C)C)c1C1=CN(c2cccc(C(C)(C)C)c2)CN1c1cc(Oc2cc(C(C)(C)C)c3c4ccccc4n(-c4cc(C(C)(C)c5ccccc5)ccn4)c3c2)cc(C(C)(C)c2ccccc2)c1. The van der Waals surface area contributed by atoms with Gasteiger partial charge in [-0.3, -0.25) is 4.57 Å². The van der Waals surface area contributed by atoms with Gasteiger partial charge in [-0.25, -0.2) is 4.98 Å². The fourth-order valence-electron chi connectivity index (χ4n) is 11.3. The highest BCUT2D eigenvalue weighted by Gasteiger charge is 2.33. The molecule has 0 atom stereocenters. The Morgan fingerprint density at radius 3 is 1.68 bits per heavy atom. The van der Waals surface area contributed by atoms with Crippen molar-refractivity contribution in [2.75, 3.05) is 16.5 Å². The number of anilines is 2. The number of para-hydroxylation sites is 1. The molecule has 9 aromatic rings. The van der Waals surface area contributed by atoms with Crippen LogP contribution in [0.15, 0.2) is 182 Å². The van der Waals surface area contributed by atoms with Crippen LogP contribution in [0.4, 0.5) is 11.4 Å². The van der Waals surface area contributed by atoms with Crippen LogP contribution in [0.1, 0.15) is 159 Å². The van der Waals surface area contributed by atoms with Crippen LogP contribution in [-0.2, 0) is 21.7 Å². The summed E-state index contributed by atoms with van der Waals surface area (Å²) in [5, 5.41) is 2.41. The van der Waals surface area contributed by atoms with Gasteiger partial charge in [0.15, 0.2) is 0 Å². The van der Waals surface area contributed by atoms with Gasteiger partial charge in [-0.2, -0.15) is 0 Å². The van der Waals surface area contributed by atoms with E-state index in [0.717, 1.165) is 34.0 Å². The molecule has 382 valence electrons. The highest BCUT2D eigenvalue weighted by atomic mass is 16.5. The van der Waals surface area contributed by atoms with Crippen molar-refractivity contribution in [3.63, 3.8) is 0 Å². The highest BCUT2D eigenvalue weighted by Crippen LogP contribution is 2.47.